The molecule has 0 aliphatic heterocycles. The molecule has 2 N–H and O–H groups in total. The van der Waals surface area contributed by atoms with Gasteiger partial charge in [-0.15, -0.1) is 0 Å². The zero-order valence-corrected chi connectivity index (χ0v) is 16.3. The van der Waals surface area contributed by atoms with Crippen molar-refractivity contribution in [2.45, 2.75) is 26.7 Å². The van der Waals surface area contributed by atoms with Gasteiger partial charge >= 0.3 is 0 Å². The first-order valence-electron chi connectivity index (χ1n) is 8.05. The maximum Gasteiger partial charge on any atom is 0.171 e. The molecule has 0 heterocycles. The Morgan fingerprint density at radius 3 is 1.89 bits per heavy atom. The van der Waals surface area contributed by atoms with Crippen LogP contribution in [0.15, 0.2) is 30.3 Å². The molecule has 2 aromatic carbocycles. The van der Waals surface area contributed by atoms with Gasteiger partial charge in [0.15, 0.2) is 11.6 Å². The van der Waals surface area contributed by atoms with Crippen LogP contribution in [-0.4, -0.2) is 23.1 Å². The van der Waals surface area contributed by atoms with Gasteiger partial charge in [0.05, 0.1) is 28.6 Å². The smallest absolute Gasteiger partial charge is 0.171 e. The third-order valence-corrected chi connectivity index (χ3v) is 4.60. The molecule has 0 bridgehead atoms. The summed E-state index contributed by atoms with van der Waals surface area (Å²) in [6.45, 7) is 2.65. The van der Waals surface area contributed by atoms with Crippen molar-refractivity contribution < 1.29 is 19.2 Å². The normalized spacial score (nSPS) is 10.5. The van der Waals surface area contributed by atoms with E-state index in [-0.39, 0.29) is 57.1 Å². The summed E-state index contributed by atoms with van der Waals surface area (Å²) >= 11 is 12.4. The van der Waals surface area contributed by atoms with Gasteiger partial charge in [-0.1, -0.05) is 35.3 Å². The average molecular weight is 406 g/mol. The number of hydrogen-bond donors (Lipinski definition) is 1. The lowest BCUT2D eigenvalue weighted by Crippen LogP contribution is -2.07. The number of rotatable bonds is 7. The molecule has 0 saturated carbocycles. The first-order valence-corrected chi connectivity index (χ1v) is 8.80. The number of nitrogen functional groups attached to an aromatic ring is 1. The van der Waals surface area contributed by atoms with Crippen molar-refractivity contribution in [2.24, 2.45) is 0 Å². The fourth-order valence-electron chi connectivity index (χ4n) is 2.61. The van der Waals surface area contributed by atoms with Crippen molar-refractivity contribution in [3.05, 3.63) is 51.5 Å². The monoisotopic (exact) mass is 405 g/mol. The summed E-state index contributed by atoms with van der Waals surface area (Å²) in [5.74, 6) is -1.29. The molecule has 2 rings (SSSR count). The van der Waals surface area contributed by atoms with Gasteiger partial charge in [-0.3, -0.25) is 19.2 Å². The summed E-state index contributed by atoms with van der Waals surface area (Å²) in [6.07, 6.45) is -0.475. The van der Waals surface area contributed by atoms with Crippen LogP contribution in [0.5, 0.6) is 0 Å². The molecule has 0 amide bonds. The zero-order chi connectivity index (χ0) is 20.3. The van der Waals surface area contributed by atoms with E-state index in [4.69, 9.17) is 28.9 Å². The first-order chi connectivity index (χ1) is 12.6. The molecule has 0 aliphatic carbocycles. The lowest BCUT2D eigenvalue weighted by molar-refractivity contribution is -0.117. The van der Waals surface area contributed by atoms with Crippen molar-refractivity contribution in [3.8, 4) is 11.1 Å². The molecule has 7 heteroatoms. The second kappa shape index (κ2) is 8.46. The van der Waals surface area contributed by atoms with Crippen molar-refractivity contribution in [1.29, 1.82) is 0 Å². The molecule has 0 atom stereocenters. The molecule has 5 nitrogen and oxygen atoms in total. The fraction of sp³-hybridized carbons (Fsp3) is 0.200. The number of carbonyl (C=O) groups is 4. The highest BCUT2D eigenvalue weighted by Crippen LogP contribution is 2.36. The van der Waals surface area contributed by atoms with Gasteiger partial charge in [0, 0.05) is 16.7 Å². The highest BCUT2D eigenvalue weighted by molar-refractivity contribution is 6.37. The van der Waals surface area contributed by atoms with Crippen LogP contribution in [0.25, 0.3) is 11.1 Å². The highest BCUT2D eigenvalue weighted by Gasteiger charge is 2.19. The largest absolute Gasteiger partial charge is 0.397 e. The van der Waals surface area contributed by atoms with E-state index in [0.29, 0.717) is 11.1 Å². The number of carbonyl (C=O) groups excluding carboxylic acids is 4. The Hall–Kier alpha value is -2.50. The Balaban J connectivity index is 2.41. The minimum atomic E-state index is -0.408. The van der Waals surface area contributed by atoms with Gasteiger partial charge in [-0.25, -0.2) is 0 Å². The van der Waals surface area contributed by atoms with Gasteiger partial charge in [0.25, 0.3) is 0 Å². The molecule has 0 fully saturated rings. The van der Waals surface area contributed by atoms with Crippen molar-refractivity contribution in [3.63, 3.8) is 0 Å². The van der Waals surface area contributed by atoms with Crippen LogP contribution in [0.3, 0.4) is 0 Å². The molecule has 140 valence electrons. The highest BCUT2D eigenvalue weighted by atomic mass is 35.5. The third-order valence-electron chi connectivity index (χ3n) is 3.88. The fourth-order valence-corrected chi connectivity index (χ4v) is 3.17. The van der Waals surface area contributed by atoms with Crippen LogP contribution in [0.2, 0.25) is 10.0 Å². The quantitative estimate of drug-likeness (QED) is 0.413. The second-order valence-corrected chi connectivity index (χ2v) is 6.97. The van der Waals surface area contributed by atoms with E-state index >= 15 is 0 Å². The van der Waals surface area contributed by atoms with Crippen molar-refractivity contribution in [1.82, 2.24) is 0 Å². The van der Waals surface area contributed by atoms with Crippen LogP contribution < -0.4 is 5.73 Å². The van der Waals surface area contributed by atoms with E-state index in [9.17, 15) is 19.2 Å². The molecule has 0 unspecified atom stereocenters. The lowest BCUT2D eigenvalue weighted by Gasteiger charge is -2.12. The SMILES string of the molecule is CC(=O)CC(=O)c1ccc(-c2ccc(C(=O)CC(C)=O)c(Cl)c2N)cc1Cl. The standard InChI is InChI=1S/C20H17Cl2NO4/c1-10(24)7-17(26)14-4-3-12(9-16(14)21)13-5-6-15(19(22)20(13)23)18(27)8-11(2)25/h3-6,9H,7-8,23H2,1-2H3. The van der Waals surface area contributed by atoms with E-state index in [1.165, 1.54) is 26.0 Å². The van der Waals surface area contributed by atoms with E-state index < -0.39 is 5.78 Å². The Morgan fingerprint density at radius 2 is 1.37 bits per heavy atom. The van der Waals surface area contributed by atoms with Gasteiger partial charge in [-0.2, -0.15) is 0 Å². The summed E-state index contributed by atoms with van der Waals surface area (Å²) < 4.78 is 0. The Morgan fingerprint density at radius 1 is 0.852 bits per heavy atom. The minimum Gasteiger partial charge on any atom is -0.397 e. The van der Waals surface area contributed by atoms with E-state index in [0.717, 1.165) is 0 Å². The molecule has 0 saturated heterocycles. The van der Waals surface area contributed by atoms with Gasteiger partial charge in [0.2, 0.25) is 0 Å². The number of benzene rings is 2. The van der Waals surface area contributed by atoms with Crippen LogP contribution >= 0.6 is 23.2 Å². The predicted octanol–water partition coefficient (Wildman–Crippen LogP) is 4.57. The number of halogens is 2. The summed E-state index contributed by atoms with van der Waals surface area (Å²) in [7, 11) is 0. The molecule has 2 aromatic rings. The average Bonchev–Trinajstić information content (AvgIpc) is 2.55. The molecule has 27 heavy (non-hydrogen) atoms. The Kier molecular flexibility index (Phi) is 6.52. The minimum absolute atomic E-state index is 0.0617. The Bertz CT molecular complexity index is 967. The summed E-state index contributed by atoms with van der Waals surface area (Å²) in [4.78, 5) is 46.4. The predicted molar refractivity (Wildman–Crippen MR) is 106 cm³/mol. The third kappa shape index (κ3) is 4.81. The number of hydrogen-bond acceptors (Lipinski definition) is 5. The van der Waals surface area contributed by atoms with Crippen molar-refractivity contribution in [2.75, 3.05) is 5.73 Å². The molecular formula is C20H17Cl2NO4. The van der Waals surface area contributed by atoms with Gasteiger partial charge < -0.3 is 5.73 Å². The van der Waals surface area contributed by atoms with Crippen LogP contribution in [0.4, 0.5) is 5.69 Å². The van der Waals surface area contributed by atoms with Crippen LogP contribution in [0.1, 0.15) is 47.4 Å². The lowest BCUT2D eigenvalue weighted by atomic mass is 9.96. The summed E-state index contributed by atoms with van der Waals surface area (Å²) in [5, 5.41) is 0.248. The molecule has 0 aliphatic rings. The first kappa shape index (κ1) is 20.8. The number of Topliss-reactive ketones (excluding diaryl/α,β-unsaturated/α-hetero) is 4. The van der Waals surface area contributed by atoms with Crippen LogP contribution in [0, 0.1) is 0 Å². The number of anilines is 1. The van der Waals surface area contributed by atoms with Gasteiger partial charge in [0.1, 0.15) is 11.6 Å². The van der Waals surface area contributed by atoms with E-state index in [2.05, 4.69) is 0 Å². The number of ketones is 4. The molecular weight excluding hydrogens is 389 g/mol. The molecule has 0 spiro atoms. The van der Waals surface area contributed by atoms with Crippen LogP contribution in [-0.2, 0) is 9.59 Å². The summed E-state index contributed by atoms with van der Waals surface area (Å²) in [6, 6.07) is 7.82. The maximum absolute atomic E-state index is 12.1. The van der Waals surface area contributed by atoms with E-state index in [1.54, 1.807) is 18.2 Å². The van der Waals surface area contributed by atoms with E-state index in [1.807, 2.05) is 0 Å². The van der Waals surface area contributed by atoms with Crippen molar-refractivity contribution >= 4 is 52.0 Å². The van der Waals surface area contributed by atoms with Gasteiger partial charge in [-0.05, 0) is 37.6 Å². The second-order valence-electron chi connectivity index (χ2n) is 6.19. The maximum atomic E-state index is 12.1. The topological polar surface area (TPSA) is 94.3 Å². The molecule has 0 aromatic heterocycles. The summed E-state index contributed by atoms with van der Waals surface area (Å²) in [5.41, 5.74) is 7.80. The zero-order valence-electron chi connectivity index (χ0n) is 14.8. The number of nitrogens with two attached hydrogens (primary N) is 1. The Labute approximate surface area is 166 Å². The molecule has 0 radical (unpaired) electrons.